The van der Waals surface area contributed by atoms with Gasteiger partial charge in [-0.15, -0.1) is 0 Å². The second kappa shape index (κ2) is 8.82. The average molecular weight is 452 g/mol. The molecule has 0 aliphatic carbocycles. The number of para-hydroxylation sites is 1. The highest BCUT2D eigenvalue weighted by molar-refractivity contribution is 6.03. The molecule has 2 heterocycles. The van der Waals surface area contributed by atoms with Crippen molar-refractivity contribution in [3.63, 3.8) is 0 Å². The number of aromatic nitrogens is 1. The highest BCUT2D eigenvalue weighted by atomic mass is 16.2. The number of carbonyl (C=O) groups excluding carboxylic acids is 2. The zero-order chi connectivity index (χ0) is 23.7. The molecule has 0 fully saturated rings. The predicted octanol–water partition coefficient (Wildman–Crippen LogP) is 4.93. The first kappa shape index (κ1) is 22.0. The first-order valence-corrected chi connectivity index (χ1v) is 11.8. The Hall–Kier alpha value is -3.86. The largest absolute Gasteiger partial charge is 0.350 e. The molecule has 5 heteroatoms. The molecule has 1 aliphatic heterocycles. The number of aryl methyl sites for hydroxylation is 1. The maximum absolute atomic E-state index is 13.8. The number of hydrogen-bond donors (Lipinski definition) is 1. The Balaban J connectivity index is 1.52. The minimum Gasteiger partial charge on any atom is -0.350 e. The summed E-state index contributed by atoms with van der Waals surface area (Å²) in [5.74, 6) is -0.280. The van der Waals surface area contributed by atoms with E-state index in [0.717, 1.165) is 28.5 Å². The van der Waals surface area contributed by atoms with Crippen LogP contribution in [0, 0.1) is 0 Å². The van der Waals surface area contributed by atoms with Crippen LogP contribution in [0.4, 0.5) is 0 Å². The number of nitrogens with zero attached hydrogens (tertiary/aromatic N) is 2. The summed E-state index contributed by atoms with van der Waals surface area (Å²) in [7, 11) is 0. The van der Waals surface area contributed by atoms with Crippen molar-refractivity contribution in [1.82, 2.24) is 14.8 Å². The van der Waals surface area contributed by atoms with E-state index in [1.54, 1.807) is 4.90 Å². The number of rotatable bonds is 6. The van der Waals surface area contributed by atoms with Crippen LogP contribution in [0.25, 0.3) is 10.9 Å². The molecule has 5 rings (SSSR count). The van der Waals surface area contributed by atoms with Gasteiger partial charge in [-0.2, -0.15) is 0 Å². The lowest BCUT2D eigenvalue weighted by Crippen LogP contribution is -2.63. The fourth-order valence-corrected chi connectivity index (χ4v) is 4.79. The van der Waals surface area contributed by atoms with Gasteiger partial charge in [-0.05, 0) is 42.2 Å². The fraction of sp³-hybridized carbons (Fsp3) is 0.241. The zero-order valence-corrected chi connectivity index (χ0v) is 19.6. The monoisotopic (exact) mass is 451 g/mol. The predicted molar refractivity (Wildman–Crippen MR) is 134 cm³/mol. The maximum atomic E-state index is 13.8. The Morgan fingerprint density at radius 3 is 2.32 bits per heavy atom. The van der Waals surface area contributed by atoms with Crippen LogP contribution >= 0.6 is 0 Å². The lowest BCUT2D eigenvalue weighted by atomic mass is 9.93. The Morgan fingerprint density at radius 1 is 0.912 bits per heavy atom. The van der Waals surface area contributed by atoms with Gasteiger partial charge in [-0.3, -0.25) is 9.59 Å². The van der Waals surface area contributed by atoms with Crippen molar-refractivity contribution in [2.24, 2.45) is 0 Å². The van der Waals surface area contributed by atoms with Gasteiger partial charge < -0.3 is 14.8 Å². The lowest BCUT2D eigenvalue weighted by Gasteiger charge is -2.44. The molecule has 0 radical (unpaired) electrons. The van der Waals surface area contributed by atoms with Crippen LogP contribution in [0.15, 0.2) is 84.9 Å². The summed E-state index contributed by atoms with van der Waals surface area (Å²) >= 11 is 0. The first-order chi connectivity index (χ1) is 16.5. The molecule has 0 saturated heterocycles. The normalized spacial score (nSPS) is 17.6. The molecule has 34 heavy (non-hydrogen) atoms. The quantitative estimate of drug-likeness (QED) is 0.452. The minimum absolute atomic E-state index is 0.126. The second-order valence-electron chi connectivity index (χ2n) is 9.18. The van der Waals surface area contributed by atoms with Crippen molar-refractivity contribution < 1.29 is 9.59 Å². The number of hydrogen-bond acceptors (Lipinski definition) is 2. The summed E-state index contributed by atoms with van der Waals surface area (Å²) in [4.78, 5) is 29.3. The van der Waals surface area contributed by atoms with E-state index in [0.29, 0.717) is 25.3 Å². The Kier molecular flexibility index (Phi) is 5.70. The first-order valence-electron chi connectivity index (χ1n) is 11.8. The van der Waals surface area contributed by atoms with Crippen LogP contribution in [-0.4, -0.2) is 26.8 Å². The van der Waals surface area contributed by atoms with E-state index in [2.05, 4.69) is 36.5 Å². The van der Waals surface area contributed by atoms with E-state index in [-0.39, 0.29) is 11.8 Å². The van der Waals surface area contributed by atoms with E-state index in [1.807, 2.05) is 72.2 Å². The van der Waals surface area contributed by atoms with Gasteiger partial charge in [0.15, 0.2) is 0 Å². The molecule has 0 spiro atoms. The topological polar surface area (TPSA) is 54.3 Å². The molecule has 3 aromatic carbocycles. The number of amides is 2. The molecule has 0 saturated carbocycles. The number of nitrogens with one attached hydrogen (secondary N) is 1. The molecule has 4 aromatic rings. The van der Waals surface area contributed by atoms with Crippen molar-refractivity contribution >= 4 is 22.7 Å². The molecule has 172 valence electrons. The Labute approximate surface area is 200 Å². The smallest absolute Gasteiger partial charge is 0.271 e. The molecule has 1 aliphatic rings. The molecule has 5 nitrogen and oxygen atoms in total. The summed E-state index contributed by atoms with van der Waals surface area (Å²) in [6, 6.07) is 28.0. The zero-order valence-electron chi connectivity index (χ0n) is 19.6. The third-order valence-corrected chi connectivity index (χ3v) is 6.89. The van der Waals surface area contributed by atoms with Gasteiger partial charge in [0.2, 0.25) is 5.91 Å². The van der Waals surface area contributed by atoms with Gasteiger partial charge >= 0.3 is 0 Å². The molecular formula is C29H29N3O2. The van der Waals surface area contributed by atoms with E-state index in [1.165, 1.54) is 5.56 Å². The molecule has 1 unspecified atom stereocenters. The molecular weight excluding hydrogens is 422 g/mol. The van der Waals surface area contributed by atoms with Gasteiger partial charge in [0.25, 0.3) is 5.91 Å². The van der Waals surface area contributed by atoms with E-state index >= 15 is 0 Å². The van der Waals surface area contributed by atoms with Gasteiger partial charge in [0, 0.05) is 24.0 Å². The van der Waals surface area contributed by atoms with Crippen LogP contribution in [0.3, 0.4) is 0 Å². The fourth-order valence-electron chi connectivity index (χ4n) is 4.79. The molecule has 2 amide bonds. The van der Waals surface area contributed by atoms with E-state index < -0.39 is 5.54 Å². The van der Waals surface area contributed by atoms with E-state index in [9.17, 15) is 9.59 Å². The summed E-state index contributed by atoms with van der Waals surface area (Å²) in [6.45, 7) is 5.19. The SMILES string of the molecule is CCc1ccc(CN2C(=O)c3cc4ccccc4n3CC2(C)C(=O)NCc2ccccc2)cc1. The van der Waals surface area contributed by atoms with Crippen molar-refractivity contribution in [3.8, 4) is 0 Å². The molecule has 1 N–H and O–H groups in total. The van der Waals surface area contributed by atoms with Crippen molar-refractivity contribution in [2.45, 2.75) is 45.4 Å². The number of benzene rings is 3. The third kappa shape index (κ3) is 3.87. The summed E-state index contributed by atoms with van der Waals surface area (Å²) in [5, 5.41) is 4.10. The van der Waals surface area contributed by atoms with E-state index in [4.69, 9.17) is 0 Å². The number of fused-ring (bicyclic) bond motifs is 3. The number of carbonyl (C=O) groups is 2. The van der Waals surface area contributed by atoms with Crippen LogP contribution in [0.1, 0.15) is 41.0 Å². The molecule has 1 aromatic heterocycles. The standard InChI is InChI=1S/C29H29N3O2/c1-3-21-13-15-23(16-14-21)19-32-27(33)26-17-24-11-7-8-12-25(24)31(26)20-29(32,2)28(34)30-18-22-9-5-4-6-10-22/h4-17H,3,18-20H2,1-2H3,(H,30,34). The maximum Gasteiger partial charge on any atom is 0.271 e. The highest BCUT2D eigenvalue weighted by Crippen LogP contribution is 2.33. The van der Waals surface area contributed by atoms with Crippen molar-refractivity contribution in [1.29, 1.82) is 0 Å². The van der Waals surface area contributed by atoms with Gasteiger partial charge in [-0.1, -0.05) is 79.7 Å². The molecule has 0 bridgehead atoms. The van der Waals surface area contributed by atoms with Gasteiger partial charge in [-0.25, -0.2) is 0 Å². The summed E-state index contributed by atoms with van der Waals surface area (Å²) in [5.41, 5.74) is 3.84. The molecule has 1 atom stereocenters. The summed E-state index contributed by atoms with van der Waals surface area (Å²) in [6.07, 6.45) is 0.961. The van der Waals surface area contributed by atoms with Crippen molar-refractivity contribution in [2.75, 3.05) is 0 Å². The van der Waals surface area contributed by atoms with Crippen LogP contribution < -0.4 is 5.32 Å². The van der Waals surface area contributed by atoms with Gasteiger partial charge in [0.1, 0.15) is 11.2 Å². The minimum atomic E-state index is -1.04. The highest BCUT2D eigenvalue weighted by Gasteiger charge is 2.47. The lowest BCUT2D eigenvalue weighted by molar-refractivity contribution is -0.133. The summed E-state index contributed by atoms with van der Waals surface area (Å²) < 4.78 is 2.00. The second-order valence-corrected chi connectivity index (χ2v) is 9.18. The van der Waals surface area contributed by atoms with Crippen LogP contribution in [0.5, 0.6) is 0 Å². The Bertz CT molecular complexity index is 1340. The average Bonchev–Trinajstić information content (AvgIpc) is 3.24. The van der Waals surface area contributed by atoms with Crippen molar-refractivity contribution in [3.05, 3.63) is 107 Å². The van der Waals surface area contributed by atoms with Crippen LogP contribution in [-0.2, 0) is 30.8 Å². The Morgan fingerprint density at radius 2 is 1.59 bits per heavy atom. The third-order valence-electron chi connectivity index (χ3n) is 6.89. The van der Waals surface area contributed by atoms with Gasteiger partial charge in [0.05, 0.1) is 6.54 Å². The van der Waals surface area contributed by atoms with Crippen LogP contribution in [0.2, 0.25) is 0 Å².